The van der Waals surface area contributed by atoms with E-state index in [9.17, 15) is 5.11 Å². The molecule has 0 bridgehead atoms. The molecular formula is C12H26N2O2. The summed E-state index contributed by atoms with van der Waals surface area (Å²) < 4.78 is 5.58. The molecule has 1 aliphatic heterocycles. The van der Waals surface area contributed by atoms with Crippen LogP contribution in [0.25, 0.3) is 0 Å². The van der Waals surface area contributed by atoms with Crippen LogP contribution in [0.1, 0.15) is 20.3 Å². The zero-order valence-electron chi connectivity index (χ0n) is 10.7. The summed E-state index contributed by atoms with van der Waals surface area (Å²) in [5.41, 5.74) is 0. The van der Waals surface area contributed by atoms with Crippen LogP contribution in [-0.2, 0) is 4.74 Å². The van der Waals surface area contributed by atoms with Crippen molar-refractivity contribution in [3.05, 3.63) is 0 Å². The fourth-order valence-corrected chi connectivity index (χ4v) is 2.09. The average molecular weight is 230 g/mol. The van der Waals surface area contributed by atoms with E-state index in [1.807, 2.05) is 6.92 Å². The predicted octanol–water partition coefficient (Wildman–Crippen LogP) is 0.411. The largest absolute Gasteiger partial charge is 0.392 e. The van der Waals surface area contributed by atoms with E-state index in [1.54, 1.807) is 0 Å². The molecule has 0 saturated carbocycles. The second kappa shape index (κ2) is 8.01. The van der Waals surface area contributed by atoms with Crippen molar-refractivity contribution in [2.24, 2.45) is 0 Å². The maximum atomic E-state index is 9.41. The Morgan fingerprint density at radius 3 is 2.38 bits per heavy atom. The van der Waals surface area contributed by atoms with Crippen LogP contribution in [0.15, 0.2) is 0 Å². The fraction of sp³-hybridized carbons (Fsp3) is 1.00. The van der Waals surface area contributed by atoms with Crippen molar-refractivity contribution in [1.29, 1.82) is 0 Å². The third-order valence-corrected chi connectivity index (χ3v) is 2.90. The van der Waals surface area contributed by atoms with Crippen LogP contribution in [0.5, 0.6) is 0 Å². The van der Waals surface area contributed by atoms with Crippen LogP contribution >= 0.6 is 0 Å². The van der Waals surface area contributed by atoms with Crippen molar-refractivity contribution in [3.8, 4) is 0 Å². The maximum Gasteiger partial charge on any atom is 0.0639 e. The second-order valence-corrected chi connectivity index (χ2v) is 4.60. The molecule has 0 aliphatic carbocycles. The van der Waals surface area contributed by atoms with Gasteiger partial charge in [0.1, 0.15) is 0 Å². The van der Waals surface area contributed by atoms with Gasteiger partial charge in [-0.15, -0.1) is 0 Å². The highest BCUT2D eigenvalue weighted by molar-refractivity contribution is 4.67. The molecule has 1 fully saturated rings. The summed E-state index contributed by atoms with van der Waals surface area (Å²) >= 11 is 0. The summed E-state index contributed by atoms with van der Waals surface area (Å²) in [5.74, 6) is 0. The third-order valence-electron chi connectivity index (χ3n) is 2.90. The van der Waals surface area contributed by atoms with Gasteiger partial charge >= 0.3 is 0 Å². The third kappa shape index (κ3) is 5.80. The van der Waals surface area contributed by atoms with Gasteiger partial charge in [0.25, 0.3) is 0 Å². The van der Waals surface area contributed by atoms with Crippen LogP contribution in [0.2, 0.25) is 0 Å². The zero-order chi connectivity index (χ0) is 11.8. The van der Waals surface area contributed by atoms with E-state index in [0.29, 0.717) is 0 Å². The standard InChI is InChI=1S/C12H26N2O2/c1-3-4-13-5-6-14(11-12(2)15)8-10-16-9-7-13/h12,15H,3-11H2,1-2H3. The van der Waals surface area contributed by atoms with E-state index in [-0.39, 0.29) is 6.10 Å². The number of aliphatic hydroxyl groups is 1. The Hall–Kier alpha value is -0.160. The summed E-state index contributed by atoms with van der Waals surface area (Å²) in [6.07, 6.45) is 0.941. The minimum atomic E-state index is -0.250. The lowest BCUT2D eigenvalue weighted by atomic mass is 10.3. The number of rotatable bonds is 4. The predicted molar refractivity (Wildman–Crippen MR) is 65.7 cm³/mol. The van der Waals surface area contributed by atoms with Gasteiger partial charge in [-0.3, -0.25) is 9.80 Å². The molecule has 96 valence electrons. The van der Waals surface area contributed by atoms with Gasteiger partial charge in [-0.05, 0) is 19.9 Å². The summed E-state index contributed by atoms with van der Waals surface area (Å²) in [7, 11) is 0. The summed E-state index contributed by atoms with van der Waals surface area (Å²) in [6.45, 7) is 11.7. The molecule has 16 heavy (non-hydrogen) atoms. The normalized spacial score (nSPS) is 23.4. The number of hydrogen-bond donors (Lipinski definition) is 1. The summed E-state index contributed by atoms with van der Waals surface area (Å²) in [5, 5.41) is 9.41. The molecule has 1 rings (SSSR count). The van der Waals surface area contributed by atoms with Crippen LogP contribution < -0.4 is 0 Å². The Morgan fingerprint density at radius 2 is 1.75 bits per heavy atom. The maximum absolute atomic E-state index is 9.41. The van der Waals surface area contributed by atoms with Crippen molar-refractivity contribution < 1.29 is 9.84 Å². The minimum Gasteiger partial charge on any atom is -0.392 e. The molecule has 1 heterocycles. The Kier molecular flexibility index (Phi) is 6.96. The molecule has 0 amide bonds. The lowest BCUT2D eigenvalue weighted by Crippen LogP contribution is -2.39. The molecule has 0 spiro atoms. The molecule has 1 N–H and O–H groups in total. The Bertz CT molecular complexity index is 176. The molecule has 1 atom stereocenters. The van der Waals surface area contributed by atoms with Crippen molar-refractivity contribution in [2.75, 3.05) is 52.5 Å². The Morgan fingerprint density at radius 1 is 1.12 bits per heavy atom. The summed E-state index contributed by atoms with van der Waals surface area (Å²) in [6, 6.07) is 0. The lowest BCUT2D eigenvalue weighted by Gasteiger charge is -2.25. The Balaban J connectivity index is 2.37. The summed E-state index contributed by atoms with van der Waals surface area (Å²) in [4.78, 5) is 4.74. The van der Waals surface area contributed by atoms with Crippen molar-refractivity contribution in [1.82, 2.24) is 9.80 Å². The second-order valence-electron chi connectivity index (χ2n) is 4.60. The van der Waals surface area contributed by atoms with Gasteiger partial charge in [0.05, 0.1) is 19.3 Å². The van der Waals surface area contributed by atoms with Crippen molar-refractivity contribution in [2.45, 2.75) is 26.4 Å². The lowest BCUT2D eigenvalue weighted by molar-refractivity contribution is 0.0873. The topological polar surface area (TPSA) is 35.9 Å². The van der Waals surface area contributed by atoms with E-state index < -0.39 is 0 Å². The van der Waals surface area contributed by atoms with Gasteiger partial charge in [0.15, 0.2) is 0 Å². The first-order valence-corrected chi connectivity index (χ1v) is 6.43. The van der Waals surface area contributed by atoms with E-state index >= 15 is 0 Å². The molecule has 1 saturated heterocycles. The Labute approximate surface area is 99.2 Å². The van der Waals surface area contributed by atoms with E-state index in [0.717, 1.165) is 52.5 Å². The highest BCUT2D eigenvalue weighted by Gasteiger charge is 2.13. The van der Waals surface area contributed by atoms with Gasteiger partial charge in [-0.2, -0.15) is 0 Å². The molecule has 0 aromatic heterocycles. The van der Waals surface area contributed by atoms with Gasteiger partial charge in [-0.1, -0.05) is 6.92 Å². The van der Waals surface area contributed by atoms with E-state index in [2.05, 4.69) is 16.7 Å². The molecule has 0 aromatic rings. The van der Waals surface area contributed by atoms with E-state index in [4.69, 9.17) is 4.74 Å². The molecule has 0 aromatic carbocycles. The first-order chi connectivity index (χ1) is 7.72. The van der Waals surface area contributed by atoms with Crippen molar-refractivity contribution in [3.63, 3.8) is 0 Å². The average Bonchev–Trinajstić information content (AvgIpc) is 2.32. The number of hydrogen-bond acceptors (Lipinski definition) is 4. The molecule has 1 unspecified atom stereocenters. The van der Waals surface area contributed by atoms with Crippen LogP contribution in [-0.4, -0.2) is 73.5 Å². The first kappa shape index (κ1) is 13.9. The monoisotopic (exact) mass is 230 g/mol. The zero-order valence-corrected chi connectivity index (χ0v) is 10.7. The number of β-amino-alcohol motifs (C(OH)–C–C–N with tert-alkyl or cyclic N) is 1. The number of aliphatic hydroxyl groups excluding tert-OH is 1. The first-order valence-electron chi connectivity index (χ1n) is 6.43. The van der Waals surface area contributed by atoms with Gasteiger partial charge in [-0.25, -0.2) is 0 Å². The van der Waals surface area contributed by atoms with Crippen LogP contribution in [0.3, 0.4) is 0 Å². The van der Waals surface area contributed by atoms with E-state index in [1.165, 1.54) is 6.42 Å². The molecular weight excluding hydrogens is 204 g/mol. The number of ether oxygens (including phenoxy) is 1. The molecule has 0 radical (unpaired) electrons. The highest BCUT2D eigenvalue weighted by atomic mass is 16.5. The van der Waals surface area contributed by atoms with Crippen LogP contribution in [0.4, 0.5) is 0 Å². The minimum absolute atomic E-state index is 0.250. The molecule has 4 heteroatoms. The van der Waals surface area contributed by atoms with Gasteiger partial charge < -0.3 is 9.84 Å². The molecule has 4 nitrogen and oxygen atoms in total. The quantitative estimate of drug-likeness (QED) is 0.759. The smallest absolute Gasteiger partial charge is 0.0639 e. The molecule has 1 aliphatic rings. The van der Waals surface area contributed by atoms with Gasteiger partial charge in [0.2, 0.25) is 0 Å². The van der Waals surface area contributed by atoms with Gasteiger partial charge in [0, 0.05) is 32.7 Å². The SMILES string of the molecule is CCCN1CCOCCN(CC(C)O)CC1. The fourth-order valence-electron chi connectivity index (χ4n) is 2.09. The van der Waals surface area contributed by atoms with Crippen LogP contribution in [0, 0.1) is 0 Å². The highest BCUT2D eigenvalue weighted by Crippen LogP contribution is 1.99. The number of nitrogens with zero attached hydrogens (tertiary/aromatic N) is 2. The van der Waals surface area contributed by atoms with Crippen molar-refractivity contribution >= 4 is 0 Å².